The molecule has 0 saturated carbocycles. The number of hydrogen-bond acceptors (Lipinski definition) is 6. The quantitative estimate of drug-likeness (QED) is 0.248. The molecule has 0 unspecified atom stereocenters. The van der Waals surface area contributed by atoms with Gasteiger partial charge in [-0.3, -0.25) is 4.79 Å². The van der Waals surface area contributed by atoms with Gasteiger partial charge in [-0.25, -0.2) is 4.98 Å². The van der Waals surface area contributed by atoms with Crippen LogP contribution in [0.3, 0.4) is 0 Å². The van der Waals surface area contributed by atoms with Crippen LogP contribution in [0.4, 0.5) is 5.82 Å². The van der Waals surface area contributed by atoms with Crippen LogP contribution < -0.4 is 10.5 Å². The van der Waals surface area contributed by atoms with E-state index in [1.54, 1.807) is 17.5 Å². The molecule has 7 heteroatoms. The Morgan fingerprint density at radius 2 is 1.91 bits per heavy atom. The molecule has 0 radical (unpaired) electrons. The van der Waals surface area contributed by atoms with E-state index in [-0.39, 0.29) is 5.78 Å². The zero-order valence-electron chi connectivity index (χ0n) is 18.3. The lowest BCUT2D eigenvalue weighted by Gasteiger charge is -2.26. The first-order valence-electron chi connectivity index (χ1n) is 11.4. The van der Waals surface area contributed by atoms with Gasteiger partial charge in [0.25, 0.3) is 0 Å². The summed E-state index contributed by atoms with van der Waals surface area (Å²) in [5.41, 5.74) is 7.84. The maximum Gasteiger partial charge on any atom is 0.165 e. The summed E-state index contributed by atoms with van der Waals surface area (Å²) in [4.78, 5) is 19.8. The maximum absolute atomic E-state index is 12.9. The van der Waals surface area contributed by atoms with E-state index in [0.29, 0.717) is 24.4 Å². The first-order chi connectivity index (χ1) is 15.6. The van der Waals surface area contributed by atoms with Gasteiger partial charge in [-0.15, -0.1) is 11.3 Å². The topological polar surface area (TPSA) is 68.5 Å². The molecule has 1 saturated heterocycles. The van der Waals surface area contributed by atoms with E-state index in [1.165, 1.54) is 38.8 Å². The molecule has 5 nitrogen and oxygen atoms in total. The molecule has 2 aromatic heterocycles. The summed E-state index contributed by atoms with van der Waals surface area (Å²) in [5.74, 6) is 1.40. The number of fused-ring (bicyclic) bond motifs is 1. The number of likely N-dealkylation sites (tertiary alicyclic amines) is 1. The Hall–Kier alpha value is -1.96. The number of rotatable bonds is 10. The number of Topliss-reactive ketones (excluding diaryl/α,β-unsaturated/α-hetero) is 1. The summed E-state index contributed by atoms with van der Waals surface area (Å²) in [6.45, 7) is 4.02. The van der Waals surface area contributed by atoms with Gasteiger partial charge in [0.2, 0.25) is 0 Å². The molecule has 0 spiro atoms. The number of thiophene rings is 1. The van der Waals surface area contributed by atoms with Crippen molar-refractivity contribution in [2.24, 2.45) is 0 Å². The van der Waals surface area contributed by atoms with E-state index >= 15 is 0 Å². The molecule has 0 amide bonds. The number of nitrogens with two attached hydrogens (primary N) is 1. The molecule has 1 aliphatic rings. The van der Waals surface area contributed by atoms with E-state index in [1.807, 2.05) is 29.6 Å². The molecular weight excluding hydrogens is 486 g/mol. The SMILES string of the molecule is Nc1ncc(C(=O)CCCCCN2CCCCC2)c2scc(COc3ccc(Br)cc3)c12. The monoisotopic (exact) mass is 515 g/mol. The van der Waals surface area contributed by atoms with Crippen molar-refractivity contribution in [3.8, 4) is 5.75 Å². The van der Waals surface area contributed by atoms with E-state index in [9.17, 15) is 4.79 Å². The van der Waals surface area contributed by atoms with Crippen LogP contribution in [0.5, 0.6) is 5.75 Å². The summed E-state index contributed by atoms with van der Waals surface area (Å²) in [7, 11) is 0. The van der Waals surface area contributed by atoms with Crippen molar-refractivity contribution in [1.82, 2.24) is 9.88 Å². The summed E-state index contributed by atoms with van der Waals surface area (Å²) < 4.78 is 7.85. The van der Waals surface area contributed by atoms with Gasteiger partial charge in [-0.05, 0) is 75.0 Å². The van der Waals surface area contributed by atoms with Gasteiger partial charge in [-0.1, -0.05) is 28.8 Å². The van der Waals surface area contributed by atoms with Gasteiger partial charge in [-0.2, -0.15) is 0 Å². The number of nitrogen functional groups attached to an aromatic ring is 1. The molecular formula is C25H30BrN3O2S. The predicted molar refractivity (Wildman–Crippen MR) is 136 cm³/mol. The number of ether oxygens (including phenoxy) is 1. The smallest absolute Gasteiger partial charge is 0.165 e. The number of carbonyl (C=O) groups is 1. The maximum atomic E-state index is 12.9. The molecule has 32 heavy (non-hydrogen) atoms. The second-order valence-electron chi connectivity index (χ2n) is 8.40. The highest BCUT2D eigenvalue weighted by Gasteiger charge is 2.17. The van der Waals surface area contributed by atoms with Crippen molar-refractivity contribution in [2.45, 2.75) is 51.6 Å². The van der Waals surface area contributed by atoms with Crippen LogP contribution in [-0.2, 0) is 6.61 Å². The first kappa shape index (κ1) is 23.2. The molecule has 2 N–H and O–H groups in total. The Balaban J connectivity index is 1.34. The number of unbranched alkanes of at least 4 members (excludes halogenated alkanes) is 2. The zero-order valence-corrected chi connectivity index (χ0v) is 20.7. The highest BCUT2D eigenvalue weighted by Crippen LogP contribution is 2.34. The summed E-state index contributed by atoms with van der Waals surface area (Å²) in [6.07, 6.45) is 9.40. The second-order valence-corrected chi connectivity index (χ2v) is 10.2. The fourth-order valence-electron chi connectivity index (χ4n) is 4.24. The van der Waals surface area contributed by atoms with Crippen molar-refractivity contribution < 1.29 is 9.53 Å². The van der Waals surface area contributed by atoms with E-state index in [0.717, 1.165) is 45.3 Å². The molecule has 1 fully saturated rings. The van der Waals surface area contributed by atoms with Crippen LogP contribution in [0.25, 0.3) is 10.1 Å². The highest BCUT2D eigenvalue weighted by molar-refractivity contribution is 9.10. The fourth-order valence-corrected chi connectivity index (χ4v) is 5.60. The third-order valence-electron chi connectivity index (χ3n) is 6.04. The number of nitrogens with zero attached hydrogens (tertiary/aromatic N) is 2. The lowest BCUT2D eigenvalue weighted by atomic mass is 10.0. The minimum atomic E-state index is 0.155. The van der Waals surface area contributed by atoms with E-state index in [4.69, 9.17) is 10.5 Å². The van der Waals surface area contributed by atoms with Crippen molar-refractivity contribution in [3.05, 3.63) is 51.4 Å². The second kappa shape index (κ2) is 11.3. The molecule has 0 bridgehead atoms. The van der Waals surface area contributed by atoms with Crippen LogP contribution in [0.2, 0.25) is 0 Å². The number of anilines is 1. The van der Waals surface area contributed by atoms with Crippen molar-refractivity contribution in [3.63, 3.8) is 0 Å². The van der Waals surface area contributed by atoms with Crippen LogP contribution in [0, 0.1) is 0 Å². The number of halogens is 1. The minimum Gasteiger partial charge on any atom is -0.489 e. The normalized spacial score (nSPS) is 14.7. The van der Waals surface area contributed by atoms with Crippen molar-refractivity contribution in [2.75, 3.05) is 25.4 Å². The van der Waals surface area contributed by atoms with E-state index in [2.05, 4.69) is 25.8 Å². The number of hydrogen-bond donors (Lipinski definition) is 1. The molecule has 3 heterocycles. The molecule has 3 aromatic rings. The Kier molecular flexibility index (Phi) is 8.16. The molecule has 0 atom stereocenters. The summed E-state index contributed by atoms with van der Waals surface area (Å²) in [5, 5.41) is 2.87. The highest BCUT2D eigenvalue weighted by atomic mass is 79.9. The van der Waals surface area contributed by atoms with Crippen LogP contribution in [0.1, 0.15) is 60.9 Å². The average Bonchev–Trinajstić information content (AvgIpc) is 3.24. The predicted octanol–water partition coefficient (Wildman–Crippen LogP) is 6.45. The largest absolute Gasteiger partial charge is 0.489 e. The Morgan fingerprint density at radius 1 is 1.12 bits per heavy atom. The number of aromatic nitrogens is 1. The molecule has 1 aromatic carbocycles. The lowest BCUT2D eigenvalue weighted by Crippen LogP contribution is -2.30. The van der Waals surface area contributed by atoms with Gasteiger partial charge in [0, 0.05) is 28.0 Å². The number of pyridine rings is 1. The van der Waals surface area contributed by atoms with Gasteiger partial charge >= 0.3 is 0 Å². The third kappa shape index (κ3) is 5.88. The first-order valence-corrected chi connectivity index (χ1v) is 13.1. The van der Waals surface area contributed by atoms with Crippen LogP contribution in [0.15, 0.2) is 40.3 Å². The Bertz CT molecular complexity index is 1050. The fraction of sp³-hybridized carbons (Fsp3) is 0.440. The molecule has 4 rings (SSSR count). The van der Waals surface area contributed by atoms with Crippen LogP contribution >= 0.6 is 27.3 Å². The summed E-state index contributed by atoms with van der Waals surface area (Å²) >= 11 is 4.98. The van der Waals surface area contributed by atoms with Gasteiger partial charge in [0.05, 0.1) is 10.3 Å². The van der Waals surface area contributed by atoms with Crippen molar-refractivity contribution in [1.29, 1.82) is 0 Å². The molecule has 0 aliphatic carbocycles. The minimum absolute atomic E-state index is 0.155. The van der Waals surface area contributed by atoms with Gasteiger partial charge < -0.3 is 15.4 Å². The third-order valence-corrected chi connectivity index (χ3v) is 7.63. The number of carbonyl (C=O) groups excluding carboxylic acids is 1. The van der Waals surface area contributed by atoms with Crippen LogP contribution in [-0.4, -0.2) is 35.3 Å². The lowest BCUT2D eigenvalue weighted by molar-refractivity contribution is 0.0980. The van der Waals surface area contributed by atoms with Crippen molar-refractivity contribution >= 4 is 49.0 Å². The van der Waals surface area contributed by atoms with E-state index < -0.39 is 0 Å². The number of ketones is 1. The number of benzene rings is 1. The molecule has 1 aliphatic heterocycles. The standard InChI is InChI=1S/C25H30BrN3O2S/c26-19-8-10-20(11-9-19)31-16-18-17-32-24-21(15-28-25(27)23(18)24)22(30)7-3-1-4-12-29-13-5-2-6-14-29/h8-11,15,17H,1-7,12-14,16H2,(H2,27,28). The zero-order chi connectivity index (χ0) is 22.3. The average molecular weight is 517 g/mol. The van der Waals surface area contributed by atoms with Gasteiger partial charge in [0.1, 0.15) is 18.2 Å². The molecule has 170 valence electrons. The van der Waals surface area contributed by atoms with Gasteiger partial charge in [0.15, 0.2) is 5.78 Å². The Labute approximate surface area is 202 Å². The Morgan fingerprint density at radius 3 is 2.69 bits per heavy atom. The summed E-state index contributed by atoms with van der Waals surface area (Å²) in [6, 6.07) is 7.72. The number of piperidine rings is 1.